The summed E-state index contributed by atoms with van der Waals surface area (Å²) in [5.74, 6) is 0.664. The van der Waals surface area contributed by atoms with Crippen LogP contribution in [0.4, 0.5) is 11.5 Å². The van der Waals surface area contributed by atoms with Gasteiger partial charge in [-0.15, -0.1) is 5.73 Å². The first-order chi connectivity index (χ1) is 7.36. The third-order valence-corrected chi connectivity index (χ3v) is 1.92. The van der Waals surface area contributed by atoms with Crippen LogP contribution in [-0.2, 0) is 20.4 Å². The van der Waals surface area contributed by atoms with E-state index in [0.717, 1.165) is 5.70 Å². The molecule has 2 rings (SSSR count). The molecule has 0 spiro atoms. The molecule has 0 atom stereocenters. The molecule has 0 bridgehead atoms. The number of aromatic nitrogens is 1. The van der Waals surface area contributed by atoms with E-state index in [1.807, 2.05) is 36.4 Å². The summed E-state index contributed by atoms with van der Waals surface area (Å²) < 4.78 is 0. The molecule has 4 heteroatoms. The zero-order valence-corrected chi connectivity index (χ0v) is 11.2. The molecule has 1 aromatic rings. The van der Waals surface area contributed by atoms with Crippen LogP contribution in [0.2, 0.25) is 0 Å². The van der Waals surface area contributed by atoms with E-state index in [1.165, 1.54) is 0 Å². The number of rotatable bonds is 2. The van der Waals surface area contributed by atoms with E-state index in [4.69, 9.17) is 5.73 Å². The van der Waals surface area contributed by atoms with Crippen molar-refractivity contribution < 1.29 is 20.4 Å². The molecule has 0 saturated heterocycles. The Morgan fingerprint density at radius 2 is 2.19 bits per heavy atom. The number of nitrogens with zero attached hydrogens (tertiary/aromatic N) is 1. The Balaban J connectivity index is 0.00000128. The maximum absolute atomic E-state index is 5.76. The summed E-state index contributed by atoms with van der Waals surface area (Å²) in [6, 6.07) is 3.61. The monoisotopic (exact) mass is 384 g/mol. The minimum absolute atomic E-state index is 0. The molecule has 0 amide bonds. The second-order valence-electron chi connectivity index (χ2n) is 3.05. The predicted octanol–water partition coefficient (Wildman–Crippen LogP) is 2.24. The maximum Gasteiger partial charge on any atom is 0.153 e. The van der Waals surface area contributed by atoms with Gasteiger partial charge in [-0.05, 0) is 24.3 Å². The zero-order valence-electron chi connectivity index (χ0n) is 8.52. The molecule has 0 fully saturated rings. The van der Waals surface area contributed by atoms with Gasteiger partial charge in [-0.25, -0.2) is 4.98 Å². The van der Waals surface area contributed by atoms with Crippen molar-refractivity contribution >= 4 is 11.5 Å². The molecule has 0 saturated carbocycles. The van der Waals surface area contributed by atoms with Gasteiger partial charge in [-0.2, -0.15) is 0 Å². The molecule has 0 unspecified atom stereocenters. The third kappa shape index (κ3) is 3.22. The van der Waals surface area contributed by atoms with Crippen molar-refractivity contribution in [3.05, 3.63) is 60.1 Å². The number of hydrogen-bond acceptors (Lipinski definition) is 3. The van der Waals surface area contributed by atoms with Crippen molar-refractivity contribution in [2.24, 2.45) is 0 Å². The summed E-state index contributed by atoms with van der Waals surface area (Å²) in [4.78, 5) is 4.14. The van der Waals surface area contributed by atoms with Gasteiger partial charge in [0.2, 0.25) is 0 Å². The van der Waals surface area contributed by atoms with Crippen LogP contribution in [0.3, 0.4) is 0 Å². The average Bonchev–Trinajstić information content (AvgIpc) is 2.50. The van der Waals surface area contributed by atoms with E-state index >= 15 is 0 Å². The molecule has 81 valence electrons. The van der Waals surface area contributed by atoms with Gasteiger partial charge in [0.15, 0.2) is 5.82 Å². The summed E-state index contributed by atoms with van der Waals surface area (Å²) in [6.07, 6.45) is 11.2. The van der Waals surface area contributed by atoms with Gasteiger partial charge in [0.25, 0.3) is 0 Å². The smallest absolute Gasteiger partial charge is 0.153 e. The minimum Gasteiger partial charge on any atom is -0.396 e. The topological polar surface area (TPSA) is 50.9 Å². The Bertz CT molecular complexity index is 483. The number of pyridine rings is 1. The fourth-order valence-corrected chi connectivity index (χ4v) is 1.19. The third-order valence-electron chi connectivity index (χ3n) is 1.92. The van der Waals surface area contributed by atoms with Crippen LogP contribution in [0.15, 0.2) is 60.1 Å². The zero-order chi connectivity index (χ0) is 10.5. The summed E-state index contributed by atoms with van der Waals surface area (Å²) >= 11 is 0. The molecule has 16 heavy (non-hydrogen) atoms. The Kier molecular flexibility index (Phi) is 4.75. The number of nitrogens with two attached hydrogens (primary N) is 1. The first-order valence-electron chi connectivity index (χ1n) is 4.63. The Labute approximate surface area is 108 Å². The van der Waals surface area contributed by atoms with Crippen LogP contribution in [-0.4, -0.2) is 4.98 Å². The average molecular weight is 383 g/mol. The van der Waals surface area contributed by atoms with Crippen molar-refractivity contribution in [1.29, 1.82) is 0 Å². The Morgan fingerprint density at radius 1 is 1.31 bits per heavy atom. The van der Waals surface area contributed by atoms with E-state index in [1.54, 1.807) is 12.3 Å². The molecule has 0 aliphatic heterocycles. The molecule has 1 aliphatic rings. The minimum atomic E-state index is 0. The number of allylic oxidation sites excluding steroid dienone is 4. The molecule has 3 nitrogen and oxygen atoms in total. The van der Waals surface area contributed by atoms with Crippen LogP contribution in [0.5, 0.6) is 0 Å². The molecule has 3 N–H and O–H groups in total. The standard InChI is InChI=1S/C12H11N3.Re/c13-11-8-5-9-14-12(11)15-10-6-3-1-2-4-7-10;/h1-3,5-9H,13H2,(H,14,15);. The Hall–Kier alpha value is -1.59. The van der Waals surface area contributed by atoms with Gasteiger partial charge in [-0.1, -0.05) is 12.2 Å². The molecule has 1 aliphatic carbocycles. The van der Waals surface area contributed by atoms with Crippen LogP contribution >= 0.6 is 0 Å². The molecule has 1 aromatic heterocycles. The first-order valence-corrected chi connectivity index (χ1v) is 4.63. The van der Waals surface area contributed by atoms with Gasteiger partial charge >= 0.3 is 0 Å². The number of hydrogen-bond donors (Lipinski definition) is 2. The van der Waals surface area contributed by atoms with Gasteiger partial charge in [-0.3, -0.25) is 0 Å². The summed E-state index contributed by atoms with van der Waals surface area (Å²) in [5.41, 5.74) is 10.3. The number of nitrogens with one attached hydrogen (secondary N) is 1. The molecule has 1 heterocycles. The van der Waals surface area contributed by atoms with E-state index in [2.05, 4.69) is 16.0 Å². The van der Waals surface area contributed by atoms with Crippen molar-refractivity contribution in [2.75, 3.05) is 11.1 Å². The quantitative estimate of drug-likeness (QED) is 0.771. The van der Waals surface area contributed by atoms with Gasteiger partial charge in [0, 0.05) is 38.4 Å². The van der Waals surface area contributed by atoms with Crippen LogP contribution in [0.25, 0.3) is 0 Å². The van der Waals surface area contributed by atoms with Gasteiger partial charge in [0.05, 0.1) is 5.69 Å². The second-order valence-corrected chi connectivity index (χ2v) is 3.05. The molecule has 1 radical (unpaired) electrons. The van der Waals surface area contributed by atoms with E-state index in [0.29, 0.717) is 11.5 Å². The summed E-state index contributed by atoms with van der Waals surface area (Å²) in [7, 11) is 0. The van der Waals surface area contributed by atoms with Crippen molar-refractivity contribution in [3.63, 3.8) is 0 Å². The first kappa shape index (κ1) is 12.5. The number of nitrogen functional groups attached to an aromatic ring is 1. The number of anilines is 2. The largest absolute Gasteiger partial charge is 0.396 e. The van der Waals surface area contributed by atoms with Crippen molar-refractivity contribution in [3.8, 4) is 0 Å². The predicted molar refractivity (Wildman–Crippen MR) is 62.1 cm³/mol. The molecular formula is C12H11N3Re. The SMILES string of the molecule is Nc1cccnc1NC1=CC=CC=C=C1.[Re]. The van der Waals surface area contributed by atoms with E-state index in [9.17, 15) is 0 Å². The van der Waals surface area contributed by atoms with Gasteiger partial charge < -0.3 is 11.1 Å². The summed E-state index contributed by atoms with van der Waals surface area (Å²) in [5, 5.41) is 3.12. The van der Waals surface area contributed by atoms with Crippen molar-refractivity contribution in [2.45, 2.75) is 0 Å². The fraction of sp³-hybridized carbons (Fsp3) is 0. The van der Waals surface area contributed by atoms with E-state index in [-0.39, 0.29) is 20.4 Å². The maximum atomic E-state index is 5.76. The molecule has 0 aromatic carbocycles. The van der Waals surface area contributed by atoms with Crippen LogP contribution in [0, 0.1) is 0 Å². The van der Waals surface area contributed by atoms with E-state index < -0.39 is 0 Å². The summed E-state index contributed by atoms with van der Waals surface area (Å²) in [6.45, 7) is 0. The van der Waals surface area contributed by atoms with Crippen molar-refractivity contribution in [1.82, 2.24) is 4.98 Å². The normalized spacial score (nSPS) is 12.6. The van der Waals surface area contributed by atoms with Crippen LogP contribution in [0.1, 0.15) is 0 Å². The second kappa shape index (κ2) is 6.10. The molecular weight excluding hydrogens is 372 g/mol. The van der Waals surface area contributed by atoms with Gasteiger partial charge in [0.1, 0.15) is 0 Å². The Morgan fingerprint density at radius 3 is 3.00 bits per heavy atom. The van der Waals surface area contributed by atoms with Crippen LogP contribution < -0.4 is 11.1 Å². The fourth-order valence-electron chi connectivity index (χ4n) is 1.19.